The summed E-state index contributed by atoms with van der Waals surface area (Å²) in [6.45, 7) is 5.23. The Morgan fingerprint density at radius 1 is 1.25 bits per heavy atom. The normalized spacial score (nSPS) is 12.4. The average molecular weight is 168 g/mol. The summed E-state index contributed by atoms with van der Waals surface area (Å²) in [6, 6.07) is 2.29. The first-order valence-corrected chi connectivity index (χ1v) is 4.98. The number of rotatable bonds is 7. The van der Waals surface area contributed by atoms with Crippen molar-refractivity contribution in [2.75, 3.05) is 6.54 Å². The van der Waals surface area contributed by atoms with Crippen LogP contribution in [-0.2, 0) is 0 Å². The lowest BCUT2D eigenvalue weighted by Crippen LogP contribution is -2.27. The first-order valence-electron chi connectivity index (χ1n) is 4.98. The molecule has 0 aliphatic heterocycles. The van der Waals surface area contributed by atoms with Gasteiger partial charge >= 0.3 is 0 Å². The van der Waals surface area contributed by atoms with Crippen LogP contribution in [0.5, 0.6) is 0 Å². The number of nitrogens with zero attached hydrogens (tertiary/aromatic N) is 1. The van der Waals surface area contributed by atoms with Gasteiger partial charge in [-0.2, -0.15) is 5.26 Å². The van der Waals surface area contributed by atoms with E-state index >= 15 is 0 Å². The standard InChI is InChI=1S/C10H20N2/c1-3-5-6-7-8-12-10(4-2)9-11/h10,12H,3-8H2,1-2H3. The Kier molecular flexibility index (Phi) is 8.15. The third-order valence-corrected chi connectivity index (χ3v) is 1.99. The zero-order chi connectivity index (χ0) is 9.23. The molecule has 0 fully saturated rings. The molecule has 0 spiro atoms. The van der Waals surface area contributed by atoms with Crippen molar-refractivity contribution in [1.29, 1.82) is 5.26 Å². The van der Waals surface area contributed by atoms with Gasteiger partial charge < -0.3 is 5.32 Å². The van der Waals surface area contributed by atoms with Crippen LogP contribution in [0.3, 0.4) is 0 Å². The van der Waals surface area contributed by atoms with E-state index in [4.69, 9.17) is 5.26 Å². The van der Waals surface area contributed by atoms with Crippen molar-refractivity contribution in [3.8, 4) is 6.07 Å². The third-order valence-electron chi connectivity index (χ3n) is 1.99. The Balaban J connectivity index is 3.13. The second-order valence-electron chi connectivity index (χ2n) is 3.10. The van der Waals surface area contributed by atoms with Gasteiger partial charge in [0.15, 0.2) is 0 Å². The maximum Gasteiger partial charge on any atom is 0.0950 e. The van der Waals surface area contributed by atoms with Crippen LogP contribution in [0.15, 0.2) is 0 Å². The minimum Gasteiger partial charge on any atom is -0.302 e. The van der Waals surface area contributed by atoms with Crippen LogP contribution in [0.1, 0.15) is 46.0 Å². The number of nitrogens with one attached hydrogen (secondary N) is 1. The molecule has 0 aliphatic rings. The summed E-state index contributed by atoms with van der Waals surface area (Å²) in [5, 5.41) is 11.8. The highest BCUT2D eigenvalue weighted by atomic mass is 14.9. The second-order valence-corrected chi connectivity index (χ2v) is 3.10. The van der Waals surface area contributed by atoms with Crippen molar-refractivity contribution in [1.82, 2.24) is 5.32 Å². The first kappa shape index (κ1) is 11.4. The fourth-order valence-corrected chi connectivity index (χ4v) is 1.11. The van der Waals surface area contributed by atoms with Crippen LogP contribution >= 0.6 is 0 Å². The van der Waals surface area contributed by atoms with E-state index in [1.165, 1.54) is 25.7 Å². The lowest BCUT2D eigenvalue weighted by molar-refractivity contribution is 0.547. The highest BCUT2D eigenvalue weighted by Crippen LogP contribution is 1.98. The van der Waals surface area contributed by atoms with E-state index in [0.717, 1.165) is 13.0 Å². The van der Waals surface area contributed by atoms with Crippen LogP contribution in [0.2, 0.25) is 0 Å². The van der Waals surface area contributed by atoms with Gasteiger partial charge in [-0.3, -0.25) is 0 Å². The predicted octanol–water partition coefficient (Wildman–Crippen LogP) is 2.46. The van der Waals surface area contributed by atoms with Crippen molar-refractivity contribution in [2.45, 2.75) is 52.0 Å². The maximum absolute atomic E-state index is 8.62. The molecule has 0 aromatic rings. The fourth-order valence-electron chi connectivity index (χ4n) is 1.11. The Bertz CT molecular complexity index is 126. The SMILES string of the molecule is CCCCCCNC(C#N)CC. The minimum atomic E-state index is 0.0617. The van der Waals surface area contributed by atoms with Crippen molar-refractivity contribution < 1.29 is 0 Å². The second kappa shape index (κ2) is 8.55. The highest BCUT2D eigenvalue weighted by molar-refractivity contribution is 4.87. The molecule has 0 aliphatic carbocycles. The lowest BCUT2D eigenvalue weighted by atomic mass is 10.2. The Labute approximate surface area is 76.0 Å². The molecule has 1 unspecified atom stereocenters. The van der Waals surface area contributed by atoms with Crippen molar-refractivity contribution in [3.63, 3.8) is 0 Å². The summed E-state index contributed by atoms with van der Waals surface area (Å²) in [6.07, 6.45) is 5.97. The van der Waals surface area contributed by atoms with E-state index in [1.54, 1.807) is 0 Å². The van der Waals surface area contributed by atoms with E-state index in [1.807, 2.05) is 6.92 Å². The summed E-state index contributed by atoms with van der Waals surface area (Å²) < 4.78 is 0. The van der Waals surface area contributed by atoms with Gasteiger partial charge in [0.1, 0.15) is 0 Å². The monoisotopic (exact) mass is 168 g/mol. The van der Waals surface area contributed by atoms with Gasteiger partial charge in [-0.15, -0.1) is 0 Å². The van der Waals surface area contributed by atoms with E-state index in [2.05, 4.69) is 18.3 Å². The van der Waals surface area contributed by atoms with Crippen molar-refractivity contribution in [3.05, 3.63) is 0 Å². The van der Waals surface area contributed by atoms with Gasteiger partial charge in [0.05, 0.1) is 12.1 Å². The van der Waals surface area contributed by atoms with Crippen LogP contribution in [-0.4, -0.2) is 12.6 Å². The summed E-state index contributed by atoms with van der Waals surface area (Å²) in [5.41, 5.74) is 0. The van der Waals surface area contributed by atoms with Crippen molar-refractivity contribution in [2.24, 2.45) is 0 Å². The Morgan fingerprint density at radius 2 is 2.00 bits per heavy atom. The molecule has 0 amide bonds. The van der Waals surface area contributed by atoms with Gasteiger partial charge in [-0.25, -0.2) is 0 Å². The fraction of sp³-hybridized carbons (Fsp3) is 0.900. The molecule has 0 aromatic carbocycles. The smallest absolute Gasteiger partial charge is 0.0950 e. The van der Waals surface area contributed by atoms with Gasteiger partial charge in [0, 0.05) is 0 Å². The first-order chi connectivity index (χ1) is 5.85. The molecule has 0 radical (unpaired) electrons. The zero-order valence-corrected chi connectivity index (χ0v) is 8.27. The van der Waals surface area contributed by atoms with Crippen LogP contribution in [0, 0.1) is 11.3 Å². The third kappa shape index (κ3) is 6.18. The molecule has 1 N–H and O–H groups in total. The number of unbranched alkanes of at least 4 members (excludes halogenated alkanes) is 3. The van der Waals surface area contributed by atoms with Gasteiger partial charge in [-0.1, -0.05) is 33.1 Å². The molecular formula is C10H20N2. The largest absolute Gasteiger partial charge is 0.302 e. The molecule has 0 rings (SSSR count). The topological polar surface area (TPSA) is 35.8 Å². The molecule has 2 heteroatoms. The van der Waals surface area contributed by atoms with E-state index in [0.29, 0.717) is 0 Å². The number of hydrogen-bond donors (Lipinski definition) is 1. The molecule has 0 saturated carbocycles. The summed E-state index contributed by atoms with van der Waals surface area (Å²) in [5.74, 6) is 0. The van der Waals surface area contributed by atoms with Gasteiger partial charge in [-0.05, 0) is 19.4 Å². The summed E-state index contributed by atoms with van der Waals surface area (Å²) in [4.78, 5) is 0. The Hall–Kier alpha value is -0.550. The van der Waals surface area contributed by atoms with E-state index in [9.17, 15) is 0 Å². The van der Waals surface area contributed by atoms with Crippen molar-refractivity contribution >= 4 is 0 Å². The van der Waals surface area contributed by atoms with Gasteiger partial charge in [0.25, 0.3) is 0 Å². The zero-order valence-electron chi connectivity index (χ0n) is 8.27. The molecule has 0 bridgehead atoms. The molecule has 0 heterocycles. The Morgan fingerprint density at radius 3 is 2.50 bits per heavy atom. The van der Waals surface area contributed by atoms with E-state index < -0.39 is 0 Å². The number of nitriles is 1. The number of hydrogen-bond acceptors (Lipinski definition) is 2. The molecule has 0 aromatic heterocycles. The summed E-state index contributed by atoms with van der Waals surface area (Å²) >= 11 is 0. The lowest BCUT2D eigenvalue weighted by Gasteiger charge is -2.07. The summed E-state index contributed by atoms with van der Waals surface area (Å²) in [7, 11) is 0. The van der Waals surface area contributed by atoms with Gasteiger partial charge in [0.2, 0.25) is 0 Å². The molecule has 1 atom stereocenters. The molecular weight excluding hydrogens is 148 g/mol. The maximum atomic E-state index is 8.62. The quantitative estimate of drug-likeness (QED) is 0.593. The van der Waals surface area contributed by atoms with Crippen LogP contribution < -0.4 is 5.32 Å². The van der Waals surface area contributed by atoms with Crippen LogP contribution in [0.25, 0.3) is 0 Å². The molecule has 2 nitrogen and oxygen atoms in total. The highest BCUT2D eigenvalue weighted by Gasteiger charge is 2.00. The van der Waals surface area contributed by atoms with E-state index in [-0.39, 0.29) is 6.04 Å². The average Bonchev–Trinajstić information content (AvgIpc) is 2.11. The molecule has 12 heavy (non-hydrogen) atoms. The van der Waals surface area contributed by atoms with Crippen LogP contribution in [0.4, 0.5) is 0 Å². The minimum absolute atomic E-state index is 0.0617. The molecule has 0 saturated heterocycles. The predicted molar refractivity (Wildman–Crippen MR) is 51.8 cm³/mol. The molecule has 70 valence electrons.